The van der Waals surface area contributed by atoms with Crippen LogP contribution in [0.1, 0.15) is 37.7 Å². The summed E-state index contributed by atoms with van der Waals surface area (Å²) in [6, 6.07) is 1.22. The third-order valence-electron chi connectivity index (χ3n) is 3.48. The van der Waals surface area contributed by atoms with Crippen LogP contribution in [0.2, 0.25) is 5.15 Å². The van der Waals surface area contributed by atoms with Gasteiger partial charge in [-0.2, -0.15) is 0 Å². The SMILES string of the molecule is COC(=O)c1nnc(Cl)cc1N1CCOCC1CC(=O)OC(C)(C)C. The molecule has 9 heteroatoms. The predicted molar refractivity (Wildman–Crippen MR) is 90.8 cm³/mol. The fourth-order valence-corrected chi connectivity index (χ4v) is 2.68. The monoisotopic (exact) mass is 371 g/mol. The normalized spacial score (nSPS) is 18.0. The molecule has 1 unspecified atom stereocenters. The van der Waals surface area contributed by atoms with E-state index in [1.165, 1.54) is 13.2 Å². The molecule has 1 saturated heterocycles. The van der Waals surface area contributed by atoms with E-state index < -0.39 is 11.6 Å². The summed E-state index contributed by atoms with van der Waals surface area (Å²) in [6.45, 7) is 6.66. The maximum Gasteiger partial charge on any atom is 0.360 e. The molecule has 1 aromatic rings. The van der Waals surface area contributed by atoms with Gasteiger partial charge in [-0.05, 0) is 20.8 Å². The first kappa shape index (κ1) is 19.4. The molecule has 2 heterocycles. The highest BCUT2D eigenvalue weighted by Crippen LogP contribution is 2.27. The van der Waals surface area contributed by atoms with Crippen LogP contribution < -0.4 is 4.90 Å². The quantitative estimate of drug-likeness (QED) is 0.740. The van der Waals surface area contributed by atoms with Gasteiger partial charge in [0.1, 0.15) is 5.60 Å². The molecule has 0 spiro atoms. The Morgan fingerprint density at radius 2 is 2.12 bits per heavy atom. The Bertz CT molecular complexity index is 647. The zero-order valence-electron chi connectivity index (χ0n) is 14.7. The summed E-state index contributed by atoms with van der Waals surface area (Å²) < 4.78 is 15.6. The van der Waals surface area contributed by atoms with E-state index in [2.05, 4.69) is 10.2 Å². The average Bonchev–Trinajstić information content (AvgIpc) is 2.52. The van der Waals surface area contributed by atoms with Crippen LogP contribution in [0.25, 0.3) is 0 Å². The van der Waals surface area contributed by atoms with E-state index in [4.69, 9.17) is 25.8 Å². The van der Waals surface area contributed by atoms with Crippen molar-refractivity contribution in [2.75, 3.05) is 31.8 Å². The summed E-state index contributed by atoms with van der Waals surface area (Å²) >= 11 is 5.95. The van der Waals surface area contributed by atoms with E-state index in [9.17, 15) is 9.59 Å². The fourth-order valence-electron chi connectivity index (χ4n) is 2.54. The zero-order chi connectivity index (χ0) is 18.6. The van der Waals surface area contributed by atoms with Crippen LogP contribution in [0, 0.1) is 0 Å². The van der Waals surface area contributed by atoms with Gasteiger partial charge in [0.25, 0.3) is 0 Å². The van der Waals surface area contributed by atoms with E-state index in [1.54, 1.807) is 0 Å². The summed E-state index contributed by atoms with van der Waals surface area (Å²) in [5.74, 6) is -0.970. The largest absolute Gasteiger partial charge is 0.464 e. The number of carbonyl (C=O) groups is 2. The highest BCUT2D eigenvalue weighted by Gasteiger charge is 2.31. The topological polar surface area (TPSA) is 90.9 Å². The predicted octanol–water partition coefficient (Wildman–Crippen LogP) is 1.85. The molecule has 2 rings (SSSR count). The lowest BCUT2D eigenvalue weighted by molar-refractivity contribution is -0.155. The molecule has 0 amide bonds. The summed E-state index contributed by atoms with van der Waals surface area (Å²) in [7, 11) is 1.26. The number of carbonyl (C=O) groups excluding carboxylic acids is 2. The maximum absolute atomic E-state index is 12.2. The smallest absolute Gasteiger partial charge is 0.360 e. The Morgan fingerprint density at radius 1 is 1.40 bits per heavy atom. The van der Waals surface area contributed by atoms with Crippen molar-refractivity contribution in [1.82, 2.24) is 10.2 Å². The van der Waals surface area contributed by atoms with Crippen LogP contribution in [0.5, 0.6) is 0 Å². The van der Waals surface area contributed by atoms with Gasteiger partial charge in [-0.15, -0.1) is 10.2 Å². The van der Waals surface area contributed by atoms with Crippen molar-refractivity contribution in [3.8, 4) is 0 Å². The minimum Gasteiger partial charge on any atom is -0.464 e. The van der Waals surface area contributed by atoms with Crippen LogP contribution in [-0.4, -0.2) is 60.6 Å². The van der Waals surface area contributed by atoms with Gasteiger partial charge in [0.05, 0.1) is 38.5 Å². The van der Waals surface area contributed by atoms with E-state index >= 15 is 0 Å². The number of methoxy groups -OCH3 is 1. The van der Waals surface area contributed by atoms with Crippen molar-refractivity contribution in [1.29, 1.82) is 0 Å². The lowest BCUT2D eigenvalue weighted by atomic mass is 10.1. The van der Waals surface area contributed by atoms with E-state index in [0.29, 0.717) is 25.4 Å². The Kier molecular flexibility index (Phi) is 6.18. The van der Waals surface area contributed by atoms with E-state index in [-0.39, 0.29) is 29.3 Å². The first-order chi connectivity index (χ1) is 11.7. The van der Waals surface area contributed by atoms with Gasteiger partial charge in [-0.1, -0.05) is 11.6 Å². The highest BCUT2D eigenvalue weighted by molar-refractivity contribution is 6.29. The number of hydrogen-bond donors (Lipinski definition) is 0. The van der Waals surface area contributed by atoms with Gasteiger partial charge in [0.15, 0.2) is 10.8 Å². The van der Waals surface area contributed by atoms with Crippen LogP contribution in [0.3, 0.4) is 0 Å². The number of esters is 2. The molecule has 0 bridgehead atoms. The number of morpholine rings is 1. The number of ether oxygens (including phenoxy) is 3. The van der Waals surface area contributed by atoms with Gasteiger partial charge in [-0.25, -0.2) is 4.79 Å². The summed E-state index contributed by atoms with van der Waals surface area (Å²) in [5.41, 5.74) is -0.0671. The third-order valence-corrected chi connectivity index (χ3v) is 3.67. The Labute approximate surface area is 151 Å². The molecule has 1 atom stereocenters. The number of nitrogens with zero attached hydrogens (tertiary/aromatic N) is 3. The molecule has 8 nitrogen and oxygen atoms in total. The van der Waals surface area contributed by atoms with Gasteiger partial charge >= 0.3 is 11.9 Å². The van der Waals surface area contributed by atoms with Gasteiger partial charge < -0.3 is 19.1 Å². The van der Waals surface area contributed by atoms with Crippen molar-refractivity contribution < 1.29 is 23.8 Å². The van der Waals surface area contributed by atoms with Crippen molar-refractivity contribution in [3.05, 3.63) is 16.9 Å². The number of hydrogen-bond acceptors (Lipinski definition) is 8. The summed E-state index contributed by atoms with van der Waals surface area (Å²) in [5, 5.41) is 7.69. The van der Waals surface area contributed by atoms with Crippen molar-refractivity contribution >= 4 is 29.2 Å². The molecular formula is C16H22ClN3O5. The number of halogens is 1. The van der Waals surface area contributed by atoms with Crippen LogP contribution in [-0.2, 0) is 19.0 Å². The Morgan fingerprint density at radius 3 is 2.76 bits per heavy atom. The zero-order valence-corrected chi connectivity index (χ0v) is 15.5. The summed E-state index contributed by atoms with van der Waals surface area (Å²) in [6.07, 6.45) is 0.109. The second-order valence-electron chi connectivity index (χ2n) is 6.61. The minimum atomic E-state index is -0.623. The fraction of sp³-hybridized carbons (Fsp3) is 0.625. The van der Waals surface area contributed by atoms with Crippen LogP contribution in [0.4, 0.5) is 5.69 Å². The summed E-state index contributed by atoms with van der Waals surface area (Å²) in [4.78, 5) is 26.0. The van der Waals surface area contributed by atoms with Crippen molar-refractivity contribution in [2.45, 2.75) is 38.8 Å². The van der Waals surface area contributed by atoms with E-state index in [0.717, 1.165) is 0 Å². The molecule has 0 N–H and O–H groups in total. The second-order valence-corrected chi connectivity index (χ2v) is 6.99. The number of anilines is 1. The highest BCUT2D eigenvalue weighted by atomic mass is 35.5. The molecule has 0 aromatic carbocycles. The average molecular weight is 372 g/mol. The molecular weight excluding hydrogens is 350 g/mol. The molecule has 1 aliphatic heterocycles. The molecule has 0 radical (unpaired) electrons. The molecule has 1 fully saturated rings. The minimum absolute atomic E-state index is 0.0444. The second kappa shape index (κ2) is 7.97. The van der Waals surface area contributed by atoms with Gasteiger partial charge in [0.2, 0.25) is 0 Å². The van der Waals surface area contributed by atoms with Crippen LogP contribution >= 0.6 is 11.6 Å². The first-order valence-corrected chi connectivity index (χ1v) is 8.27. The molecule has 0 aliphatic carbocycles. The third kappa shape index (κ3) is 5.27. The molecule has 0 saturated carbocycles. The molecule has 25 heavy (non-hydrogen) atoms. The number of aromatic nitrogens is 2. The molecule has 1 aliphatic rings. The van der Waals surface area contributed by atoms with Crippen molar-refractivity contribution in [2.24, 2.45) is 0 Å². The standard InChI is InChI=1S/C16H22ClN3O5/c1-16(2,3)25-13(21)7-10-9-24-6-5-20(10)11-8-12(17)18-19-14(11)15(22)23-4/h8,10H,5-7,9H2,1-4H3. The molecule has 138 valence electrons. The van der Waals surface area contributed by atoms with Crippen molar-refractivity contribution in [3.63, 3.8) is 0 Å². The van der Waals surface area contributed by atoms with E-state index in [1.807, 2.05) is 25.7 Å². The Hall–Kier alpha value is -1.93. The maximum atomic E-state index is 12.2. The number of rotatable bonds is 4. The van der Waals surface area contributed by atoms with Gasteiger partial charge in [0, 0.05) is 12.6 Å². The first-order valence-electron chi connectivity index (χ1n) is 7.89. The molecule has 1 aromatic heterocycles. The lowest BCUT2D eigenvalue weighted by Crippen LogP contribution is -2.48. The lowest BCUT2D eigenvalue weighted by Gasteiger charge is -2.37. The van der Waals surface area contributed by atoms with Gasteiger partial charge in [-0.3, -0.25) is 4.79 Å². The Balaban J connectivity index is 2.27. The van der Waals surface area contributed by atoms with Crippen LogP contribution in [0.15, 0.2) is 6.07 Å².